The molecule has 0 aliphatic heterocycles. The summed E-state index contributed by atoms with van der Waals surface area (Å²) in [5.41, 5.74) is 0.657. The van der Waals surface area contributed by atoms with Crippen LogP contribution in [-0.2, 0) is 26.2 Å². The van der Waals surface area contributed by atoms with Gasteiger partial charge >= 0.3 is 11.8 Å². The summed E-state index contributed by atoms with van der Waals surface area (Å²) in [5, 5.41) is 9.73. The van der Waals surface area contributed by atoms with E-state index >= 15 is 0 Å². The van der Waals surface area contributed by atoms with Crippen LogP contribution in [0.25, 0.3) is 0 Å². The van der Waals surface area contributed by atoms with Gasteiger partial charge in [0, 0.05) is 13.1 Å². The molecule has 8 heteroatoms. The van der Waals surface area contributed by atoms with Crippen molar-refractivity contribution in [2.45, 2.75) is 18.4 Å². The molecule has 1 rings (SSSR count). The number of hydrogen-bond donors (Lipinski definition) is 3. The molecule has 0 bridgehead atoms. The summed E-state index contributed by atoms with van der Waals surface area (Å²) in [6.45, 7) is 2.20. The molecule has 0 spiro atoms. The number of carbonyl (C=O) groups excluding carboxylic acids is 2. The lowest BCUT2D eigenvalue weighted by Gasteiger charge is -2.05. The summed E-state index contributed by atoms with van der Waals surface area (Å²) in [7, 11) is -3.72. The summed E-state index contributed by atoms with van der Waals surface area (Å²) >= 11 is 0. The van der Waals surface area contributed by atoms with Crippen LogP contribution in [0.5, 0.6) is 0 Å². The monoisotopic (exact) mass is 285 g/mol. The Morgan fingerprint density at radius 1 is 1.11 bits per heavy atom. The van der Waals surface area contributed by atoms with Gasteiger partial charge in [-0.2, -0.15) is 0 Å². The number of rotatable bonds is 4. The van der Waals surface area contributed by atoms with Crippen molar-refractivity contribution in [3.8, 4) is 0 Å². The summed E-state index contributed by atoms with van der Waals surface area (Å²) in [4.78, 5) is 22.4. The van der Waals surface area contributed by atoms with Gasteiger partial charge in [0.25, 0.3) is 0 Å². The number of hydrogen-bond acceptors (Lipinski definition) is 4. The van der Waals surface area contributed by atoms with E-state index in [1.54, 1.807) is 6.92 Å². The molecule has 0 atom stereocenters. The Morgan fingerprint density at radius 3 is 2.11 bits per heavy atom. The van der Waals surface area contributed by atoms with E-state index in [0.717, 1.165) is 0 Å². The van der Waals surface area contributed by atoms with Crippen molar-refractivity contribution in [3.63, 3.8) is 0 Å². The maximum absolute atomic E-state index is 11.3. The Kier molecular flexibility index (Phi) is 5.02. The van der Waals surface area contributed by atoms with Crippen LogP contribution in [0.3, 0.4) is 0 Å². The Morgan fingerprint density at radius 2 is 1.63 bits per heavy atom. The Bertz CT molecular complexity index is 566. The zero-order chi connectivity index (χ0) is 14.5. The van der Waals surface area contributed by atoms with E-state index < -0.39 is 21.8 Å². The fourth-order valence-corrected chi connectivity index (χ4v) is 1.82. The number of nitrogens with two attached hydrogens (primary N) is 1. The molecule has 0 saturated carbocycles. The third-order valence-corrected chi connectivity index (χ3v) is 3.18. The van der Waals surface area contributed by atoms with E-state index in [1.807, 2.05) is 0 Å². The Labute approximate surface area is 111 Å². The molecule has 0 unspecified atom stereocenters. The van der Waals surface area contributed by atoms with Crippen LogP contribution in [-0.4, -0.2) is 26.8 Å². The summed E-state index contributed by atoms with van der Waals surface area (Å²) < 4.78 is 22.1. The average Bonchev–Trinajstić information content (AvgIpc) is 2.35. The molecule has 4 N–H and O–H groups in total. The molecule has 1 aromatic rings. The Hall–Kier alpha value is -1.93. The first-order valence-electron chi connectivity index (χ1n) is 5.52. The molecule has 0 saturated heterocycles. The molecule has 0 heterocycles. The van der Waals surface area contributed by atoms with Crippen LogP contribution in [0.15, 0.2) is 29.2 Å². The molecule has 0 aliphatic rings. The van der Waals surface area contributed by atoms with Crippen molar-refractivity contribution in [1.29, 1.82) is 0 Å². The molecular weight excluding hydrogens is 270 g/mol. The van der Waals surface area contributed by atoms with E-state index in [-0.39, 0.29) is 11.4 Å². The van der Waals surface area contributed by atoms with Crippen LogP contribution in [0.1, 0.15) is 12.5 Å². The van der Waals surface area contributed by atoms with Crippen LogP contribution in [0.4, 0.5) is 0 Å². The van der Waals surface area contributed by atoms with Crippen molar-refractivity contribution in [1.82, 2.24) is 10.6 Å². The lowest BCUT2D eigenvalue weighted by molar-refractivity contribution is -0.139. The quantitative estimate of drug-likeness (QED) is 0.620. The molecule has 104 valence electrons. The zero-order valence-electron chi connectivity index (χ0n) is 10.3. The van der Waals surface area contributed by atoms with Gasteiger partial charge in [0.1, 0.15) is 0 Å². The molecule has 7 nitrogen and oxygen atoms in total. The van der Waals surface area contributed by atoms with E-state index in [2.05, 4.69) is 10.6 Å². The van der Waals surface area contributed by atoms with Crippen LogP contribution >= 0.6 is 0 Å². The second-order valence-corrected chi connectivity index (χ2v) is 5.29. The second-order valence-electron chi connectivity index (χ2n) is 3.73. The van der Waals surface area contributed by atoms with Crippen molar-refractivity contribution in [3.05, 3.63) is 29.8 Å². The maximum Gasteiger partial charge on any atom is 0.309 e. The van der Waals surface area contributed by atoms with Gasteiger partial charge in [-0.3, -0.25) is 9.59 Å². The molecule has 2 amide bonds. The minimum absolute atomic E-state index is 0.00805. The predicted octanol–water partition coefficient (Wildman–Crippen LogP) is -0.914. The highest BCUT2D eigenvalue weighted by atomic mass is 32.2. The van der Waals surface area contributed by atoms with Gasteiger partial charge in [0.05, 0.1) is 4.90 Å². The second kappa shape index (κ2) is 6.30. The van der Waals surface area contributed by atoms with Gasteiger partial charge in [-0.1, -0.05) is 12.1 Å². The van der Waals surface area contributed by atoms with E-state index in [4.69, 9.17) is 5.14 Å². The lowest BCUT2D eigenvalue weighted by atomic mass is 10.2. The number of likely N-dealkylation sites (N-methyl/N-ethyl adjacent to an activating group) is 1. The summed E-state index contributed by atoms with van der Waals surface area (Å²) in [6.07, 6.45) is 0. The first kappa shape index (κ1) is 15.1. The first-order chi connectivity index (χ1) is 8.84. The highest BCUT2D eigenvalue weighted by Crippen LogP contribution is 2.08. The van der Waals surface area contributed by atoms with Gasteiger partial charge in [0.15, 0.2) is 0 Å². The Balaban J connectivity index is 2.60. The zero-order valence-corrected chi connectivity index (χ0v) is 11.2. The van der Waals surface area contributed by atoms with Crippen LogP contribution in [0.2, 0.25) is 0 Å². The normalized spacial score (nSPS) is 10.8. The average molecular weight is 285 g/mol. The SMILES string of the molecule is CCNC(=O)C(=O)NCc1ccc(S(N)(=O)=O)cc1. The third kappa shape index (κ3) is 4.68. The number of carbonyl (C=O) groups is 2. The van der Waals surface area contributed by atoms with E-state index in [9.17, 15) is 18.0 Å². The van der Waals surface area contributed by atoms with Crippen molar-refractivity contribution in [2.24, 2.45) is 5.14 Å². The predicted molar refractivity (Wildman–Crippen MR) is 68.3 cm³/mol. The smallest absolute Gasteiger partial charge is 0.309 e. The molecule has 0 fully saturated rings. The van der Waals surface area contributed by atoms with Crippen molar-refractivity contribution < 1.29 is 18.0 Å². The fraction of sp³-hybridized carbons (Fsp3) is 0.273. The van der Waals surface area contributed by atoms with E-state index in [1.165, 1.54) is 24.3 Å². The van der Waals surface area contributed by atoms with Crippen molar-refractivity contribution in [2.75, 3.05) is 6.54 Å². The molecule has 0 aromatic heterocycles. The number of sulfonamides is 1. The third-order valence-electron chi connectivity index (χ3n) is 2.25. The van der Waals surface area contributed by atoms with E-state index in [0.29, 0.717) is 12.1 Å². The van der Waals surface area contributed by atoms with Crippen molar-refractivity contribution >= 4 is 21.8 Å². The minimum Gasteiger partial charge on any atom is -0.348 e. The number of primary sulfonamides is 1. The standard InChI is InChI=1S/C11H15N3O4S/c1-2-13-10(15)11(16)14-7-8-3-5-9(6-4-8)19(12,17)18/h3-6H,2,7H2,1H3,(H,13,15)(H,14,16)(H2,12,17,18). The van der Waals surface area contributed by atoms with Gasteiger partial charge in [-0.25, -0.2) is 13.6 Å². The number of amides is 2. The molecule has 1 aromatic carbocycles. The molecule has 0 radical (unpaired) electrons. The van der Waals surface area contributed by atoms with Crippen LogP contribution < -0.4 is 15.8 Å². The molecular formula is C11H15N3O4S. The van der Waals surface area contributed by atoms with Gasteiger partial charge < -0.3 is 10.6 Å². The van der Waals surface area contributed by atoms with Gasteiger partial charge in [0.2, 0.25) is 10.0 Å². The van der Waals surface area contributed by atoms with Crippen LogP contribution in [0, 0.1) is 0 Å². The first-order valence-corrected chi connectivity index (χ1v) is 7.07. The summed E-state index contributed by atoms with van der Waals surface area (Å²) in [6, 6.07) is 5.70. The maximum atomic E-state index is 11.3. The topological polar surface area (TPSA) is 118 Å². The molecule has 19 heavy (non-hydrogen) atoms. The van der Waals surface area contributed by atoms with Gasteiger partial charge in [-0.05, 0) is 24.6 Å². The fourth-order valence-electron chi connectivity index (χ4n) is 1.30. The van der Waals surface area contributed by atoms with Gasteiger partial charge in [-0.15, -0.1) is 0 Å². The largest absolute Gasteiger partial charge is 0.348 e. The highest BCUT2D eigenvalue weighted by Gasteiger charge is 2.11. The molecule has 0 aliphatic carbocycles. The minimum atomic E-state index is -3.72. The number of benzene rings is 1. The summed E-state index contributed by atoms with van der Waals surface area (Å²) in [5.74, 6) is -1.44. The highest BCUT2D eigenvalue weighted by molar-refractivity contribution is 7.89. The number of nitrogens with one attached hydrogen (secondary N) is 2. The lowest BCUT2D eigenvalue weighted by Crippen LogP contribution is -2.39.